The number of hydrogen-bond acceptors (Lipinski definition) is 4. The molecular formula is C13H16Cl2N4O. The van der Waals surface area contributed by atoms with Crippen LogP contribution >= 0.6 is 23.2 Å². The Labute approximate surface area is 127 Å². The van der Waals surface area contributed by atoms with Crippen LogP contribution in [-0.4, -0.2) is 31.0 Å². The van der Waals surface area contributed by atoms with Crippen molar-refractivity contribution in [3.05, 3.63) is 28.2 Å². The first kappa shape index (κ1) is 14.9. The third kappa shape index (κ3) is 4.58. The standard InChI is InChI=1S/C13H16Cl2N4O/c1-8-7-17-13(18-8)16-3-2-12(20)19-11-5-9(14)4-10(15)6-11/h4-6,8H,2-3,7H2,1H3,(H,19,20)(H2,16,17,18). The summed E-state index contributed by atoms with van der Waals surface area (Å²) in [5.74, 6) is 0.638. The van der Waals surface area contributed by atoms with E-state index in [4.69, 9.17) is 23.2 Å². The highest BCUT2D eigenvalue weighted by atomic mass is 35.5. The molecule has 0 bridgehead atoms. The number of nitrogens with zero attached hydrogens (tertiary/aromatic N) is 1. The van der Waals surface area contributed by atoms with Crippen LogP contribution in [-0.2, 0) is 4.79 Å². The van der Waals surface area contributed by atoms with Gasteiger partial charge in [-0.05, 0) is 25.1 Å². The average Bonchev–Trinajstić information content (AvgIpc) is 2.73. The summed E-state index contributed by atoms with van der Waals surface area (Å²) >= 11 is 11.7. The van der Waals surface area contributed by atoms with Crippen molar-refractivity contribution in [1.29, 1.82) is 0 Å². The fraction of sp³-hybridized carbons (Fsp3) is 0.385. The van der Waals surface area contributed by atoms with E-state index in [9.17, 15) is 4.79 Å². The van der Waals surface area contributed by atoms with Gasteiger partial charge in [0, 0.05) is 34.7 Å². The molecule has 1 aromatic rings. The van der Waals surface area contributed by atoms with Crippen LogP contribution in [0.5, 0.6) is 0 Å². The van der Waals surface area contributed by atoms with Gasteiger partial charge in [-0.3, -0.25) is 9.79 Å². The number of benzene rings is 1. The van der Waals surface area contributed by atoms with Gasteiger partial charge in [0.15, 0.2) is 5.96 Å². The van der Waals surface area contributed by atoms with Crippen LogP contribution in [0.1, 0.15) is 13.3 Å². The zero-order valence-electron chi connectivity index (χ0n) is 11.0. The largest absolute Gasteiger partial charge is 0.356 e. The van der Waals surface area contributed by atoms with Crippen molar-refractivity contribution in [2.45, 2.75) is 19.4 Å². The van der Waals surface area contributed by atoms with Crippen molar-refractivity contribution < 1.29 is 4.79 Å². The first-order chi connectivity index (χ1) is 9.52. The molecule has 0 radical (unpaired) electrons. The number of hydrogen-bond donors (Lipinski definition) is 3. The molecule has 0 saturated heterocycles. The molecule has 108 valence electrons. The van der Waals surface area contributed by atoms with Gasteiger partial charge in [-0.2, -0.15) is 0 Å². The number of amides is 1. The van der Waals surface area contributed by atoms with E-state index in [2.05, 4.69) is 20.9 Å². The zero-order chi connectivity index (χ0) is 14.5. The molecule has 3 N–H and O–H groups in total. The monoisotopic (exact) mass is 314 g/mol. The molecule has 1 aliphatic rings. The number of anilines is 1. The minimum absolute atomic E-state index is 0.109. The van der Waals surface area contributed by atoms with E-state index in [1.54, 1.807) is 18.2 Å². The lowest BCUT2D eigenvalue weighted by atomic mass is 10.3. The predicted octanol–water partition coefficient (Wildman–Crippen LogP) is 2.26. The van der Waals surface area contributed by atoms with Gasteiger partial charge in [-0.25, -0.2) is 0 Å². The summed E-state index contributed by atoms with van der Waals surface area (Å²) in [5.41, 5.74) is 0.595. The van der Waals surface area contributed by atoms with Crippen molar-refractivity contribution in [2.75, 3.05) is 18.4 Å². The van der Waals surface area contributed by atoms with E-state index in [0.29, 0.717) is 34.7 Å². The second-order valence-electron chi connectivity index (χ2n) is 4.62. The molecule has 1 amide bonds. The van der Waals surface area contributed by atoms with E-state index in [-0.39, 0.29) is 5.91 Å². The fourth-order valence-corrected chi connectivity index (χ4v) is 2.33. The van der Waals surface area contributed by atoms with Crippen LogP contribution in [0.2, 0.25) is 10.0 Å². The van der Waals surface area contributed by atoms with Crippen molar-refractivity contribution in [1.82, 2.24) is 10.6 Å². The molecule has 2 rings (SSSR count). The predicted molar refractivity (Wildman–Crippen MR) is 82.6 cm³/mol. The quantitative estimate of drug-likeness (QED) is 0.798. The number of carbonyl (C=O) groups excluding carboxylic acids is 1. The van der Waals surface area contributed by atoms with Crippen molar-refractivity contribution in [3.63, 3.8) is 0 Å². The Morgan fingerprint density at radius 3 is 2.70 bits per heavy atom. The molecule has 5 nitrogen and oxygen atoms in total. The Morgan fingerprint density at radius 2 is 2.10 bits per heavy atom. The van der Waals surface area contributed by atoms with Crippen LogP contribution in [0.3, 0.4) is 0 Å². The first-order valence-corrected chi connectivity index (χ1v) is 7.09. The lowest BCUT2D eigenvalue weighted by Gasteiger charge is -2.09. The molecule has 0 spiro atoms. The van der Waals surface area contributed by atoms with Crippen LogP contribution in [0.4, 0.5) is 5.69 Å². The SMILES string of the molecule is CC1CN=C(NCCC(=O)Nc2cc(Cl)cc(Cl)c2)N1. The van der Waals surface area contributed by atoms with Crippen molar-refractivity contribution >= 4 is 40.8 Å². The smallest absolute Gasteiger partial charge is 0.226 e. The molecule has 1 unspecified atom stereocenters. The second kappa shape index (κ2) is 6.81. The summed E-state index contributed by atoms with van der Waals surface area (Å²) in [6, 6.07) is 5.28. The summed E-state index contributed by atoms with van der Waals surface area (Å²) in [4.78, 5) is 16.0. The van der Waals surface area contributed by atoms with E-state index < -0.39 is 0 Å². The highest BCUT2D eigenvalue weighted by Gasteiger charge is 2.12. The van der Waals surface area contributed by atoms with Crippen LogP contribution in [0, 0.1) is 0 Å². The molecular weight excluding hydrogens is 299 g/mol. The molecule has 1 heterocycles. The minimum Gasteiger partial charge on any atom is -0.356 e. The number of halogens is 2. The van der Waals surface area contributed by atoms with Gasteiger partial charge in [-0.1, -0.05) is 23.2 Å². The highest BCUT2D eigenvalue weighted by Crippen LogP contribution is 2.22. The maximum atomic E-state index is 11.8. The summed E-state index contributed by atoms with van der Waals surface area (Å²) in [5, 5.41) is 9.97. The topological polar surface area (TPSA) is 65.5 Å². The highest BCUT2D eigenvalue weighted by molar-refractivity contribution is 6.35. The van der Waals surface area contributed by atoms with Gasteiger partial charge >= 0.3 is 0 Å². The number of carbonyl (C=O) groups is 1. The van der Waals surface area contributed by atoms with Gasteiger partial charge in [0.2, 0.25) is 5.91 Å². The Hall–Kier alpha value is -1.46. The van der Waals surface area contributed by atoms with Gasteiger partial charge in [0.25, 0.3) is 0 Å². The molecule has 20 heavy (non-hydrogen) atoms. The summed E-state index contributed by atoms with van der Waals surface area (Å²) in [7, 11) is 0. The van der Waals surface area contributed by atoms with E-state index in [1.807, 2.05) is 6.92 Å². The molecule has 0 aromatic heterocycles. The summed E-state index contributed by atoms with van der Waals surface area (Å²) in [6.07, 6.45) is 0.333. The van der Waals surface area contributed by atoms with E-state index in [1.165, 1.54) is 0 Å². The number of rotatable bonds is 4. The maximum absolute atomic E-state index is 11.8. The Morgan fingerprint density at radius 1 is 1.40 bits per heavy atom. The molecule has 0 aliphatic carbocycles. The molecule has 1 atom stereocenters. The summed E-state index contributed by atoms with van der Waals surface area (Å²) < 4.78 is 0. The molecule has 1 aromatic carbocycles. The van der Waals surface area contributed by atoms with Gasteiger partial charge in [0.1, 0.15) is 0 Å². The average molecular weight is 315 g/mol. The zero-order valence-corrected chi connectivity index (χ0v) is 12.6. The molecule has 0 fully saturated rings. The third-order valence-electron chi connectivity index (χ3n) is 2.70. The van der Waals surface area contributed by atoms with E-state index in [0.717, 1.165) is 12.5 Å². The van der Waals surface area contributed by atoms with Crippen molar-refractivity contribution in [2.24, 2.45) is 4.99 Å². The van der Waals surface area contributed by atoms with Gasteiger partial charge < -0.3 is 16.0 Å². The van der Waals surface area contributed by atoms with Crippen molar-refractivity contribution in [3.8, 4) is 0 Å². The fourth-order valence-electron chi connectivity index (χ4n) is 1.80. The maximum Gasteiger partial charge on any atom is 0.226 e. The van der Waals surface area contributed by atoms with Crippen LogP contribution < -0.4 is 16.0 Å². The molecule has 0 saturated carbocycles. The van der Waals surface area contributed by atoms with Gasteiger partial charge in [-0.15, -0.1) is 0 Å². The molecule has 7 heteroatoms. The Bertz CT molecular complexity index is 513. The van der Waals surface area contributed by atoms with Crippen LogP contribution in [0.25, 0.3) is 0 Å². The number of guanidine groups is 1. The minimum atomic E-state index is -0.109. The number of aliphatic imine (C=N–C) groups is 1. The third-order valence-corrected chi connectivity index (χ3v) is 3.13. The second-order valence-corrected chi connectivity index (χ2v) is 5.49. The molecule has 1 aliphatic heterocycles. The Balaban J connectivity index is 1.75. The Kier molecular flexibility index (Phi) is 5.09. The summed E-state index contributed by atoms with van der Waals surface area (Å²) in [6.45, 7) is 3.32. The normalized spacial score (nSPS) is 17.4. The number of nitrogens with one attached hydrogen (secondary N) is 3. The van der Waals surface area contributed by atoms with Crippen LogP contribution in [0.15, 0.2) is 23.2 Å². The lowest BCUT2D eigenvalue weighted by molar-refractivity contribution is -0.116. The van der Waals surface area contributed by atoms with E-state index >= 15 is 0 Å². The first-order valence-electron chi connectivity index (χ1n) is 6.34. The lowest BCUT2D eigenvalue weighted by Crippen LogP contribution is -2.38. The van der Waals surface area contributed by atoms with Gasteiger partial charge in [0.05, 0.1) is 6.54 Å².